The van der Waals surface area contributed by atoms with Gasteiger partial charge in [-0.2, -0.15) is 0 Å². The zero-order valence-corrected chi connectivity index (χ0v) is 12.7. The van der Waals surface area contributed by atoms with Crippen LogP contribution in [0, 0.1) is 11.8 Å². The monoisotopic (exact) mass is 290 g/mol. The summed E-state index contributed by atoms with van der Waals surface area (Å²) in [4.78, 5) is 11.8. The lowest BCUT2D eigenvalue weighted by Crippen LogP contribution is -2.34. The molecule has 0 rings (SSSR count). The predicted molar refractivity (Wildman–Crippen MR) is 71.7 cm³/mol. The van der Waals surface area contributed by atoms with E-state index in [9.17, 15) is 4.79 Å². The summed E-state index contributed by atoms with van der Waals surface area (Å²) >= 11 is 3.61. The Kier molecular flexibility index (Phi) is 6.96. The Balaban J connectivity index is 4.58. The Hall–Kier alpha value is -0.310. The molecule has 0 aromatic heterocycles. The molecule has 0 aromatic rings. The molecule has 0 N–H and O–H groups in total. The van der Waals surface area contributed by atoms with Crippen LogP contribution in [-0.4, -0.2) is 16.9 Å². The van der Waals surface area contributed by atoms with Crippen LogP contribution in [0.3, 0.4) is 0 Å². The average Bonchev–Trinajstić information content (AvgIpc) is 2.11. The molecule has 0 amide bonds. The Morgan fingerprint density at radius 3 is 1.94 bits per heavy atom. The van der Waals surface area contributed by atoms with Gasteiger partial charge in [0.25, 0.3) is 0 Å². The van der Waals surface area contributed by atoms with Gasteiger partial charge in [0, 0.05) is 6.08 Å². The normalized spacial score (nSPS) is 14.8. The third-order valence-corrected chi connectivity index (χ3v) is 3.84. The number of hydrogen-bond acceptors (Lipinski definition) is 2. The second kappa shape index (κ2) is 7.10. The summed E-state index contributed by atoms with van der Waals surface area (Å²) in [6, 6.07) is 0. The van der Waals surface area contributed by atoms with Crippen molar-refractivity contribution < 1.29 is 9.53 Å². The smallest absolute Gasteiger partial charge is 0.330 e. The molecule has 0 unspecified atom stereocenters. The summed E-state index contributed by atoms with van der Waals surface area (Å²) in [5.41, 5.74) is 0.961. The molecule has 0 radical (unpaired) electrons. The van der Waals surface area contributed by atoms with Crippen LogP contribution in [0.4, 0.5) is 0 Å². The highest BCUT2D eigenvalue weighted by atomic mass is 79.9. The lowest BCUT2D eigenvalue weighted by molar-refractivity contribution is -0.145. The molecule has 94 valence electrons. The van der Waals surface area contributed by atoms with Crippen molar-refractivity contribution in [3.05, 3.63) is 11.6 Å². The molecular formula is C13H23BrO2. The summed E-state index contributed by atoms with van der Waals surface area (Å²) in [6.45, 7) is 12.1. The molecule has 0 spiro atoms. The number of allylic oxidation sites excluding steroid dienone is 1. The number of halogens is 1. The van der Waals surface area contributed by atoms with Crippen molar-refractivity contribution in [2.24, 2.45) is 11.8 Å². The molecule has 0 heterocycles. The van der Waals surface area contributed by atoms with E-state index in [0.29, 0.717) is 11.8 Å². The Labute approximate surface area is 108 Å². The summed E-state index contributed by atoms with van der Waals surface area (Å²) < 4.78 is 5.48. The maximum atomic E-state index is 11.6. The van der Waals surface area contributed by atoms with Crippen molar-refractivity contribution in [2.45, 2.75) is 52.5 Å². The Bertz CT molecular complexity index is 253. The zero-order valence-electron chi connectivity index (χ0n) is 11.1. The van der Waals surface area contributed by atoms with Gasteiger partial charge >= 0.3 is 5.97 Å². The molecule has 0 saturated carbocycles. The maximum absolute atomic E-state index is 11.6. The van der Waals surface area contributed by atoms with Crippen LogP contribution in [-0.2, 0) is 9.53 Å². The number of ether oxygens (including phenoxy) is 1. The molecule has 0 saturated heterocycles. The Morgan fingerprint density at radius 1 is 1.12 bits per heavy atom. The third kappa shape index (κ3) is 5.69. The van der Waals surface area contributed by atoms with Crippen LogP contribution >= 0.6 is 15.9 Å². The van der Waals surface area contributed by atoms with E-state index in [1.807, 2.05) is 13.8 Å². The molecule has 0 aromatic carbocycles. The lowest BCUT2D eigenvalue weighted by Gasteiger charge is -2.28. The van der Waals surface area contributed by atoms with E-state index in [1.165, 1.54) is 6.08 Å². The molecule has 0 fully saturated rings. The fourth-order valence-corrected chi connectivity index (χ4v) is 2.07. The molecule has 0 bridgehead atoms. The maximum Gasteiger partial charge on any atom is 0.330 e. The van der Waals surface area contributed by atoms with E-state index >= 15 is 0 Å². The largest absolute Gasteiger partial charge is 0.458 e. The molecule has 2 nitrogen and oxygen atoms in total. The van der Waals surface area contributed by atoms with Crippen molar-refractivity contribution >= 4 is 21.9 Å². The van der Waals surface area contributed by atoms with Gasteiger partial charge in [-0.05, 0) is 25.7 Å². The molecule has 0 aliphatic carbocycles. The van der Waals surface area contributed by atoms with Gasteiger partial charge in [0.05, 0.1) is 4.83 Å². The van der Waals surface area contributed by atoms with Gasteiger partial charge in [-0.15, -0.1) is 0 Å². The highest BCUT2D eigenvalue weighted by Crippen LogP contribution is 2.24. The van der Waals surface area contributed by atoms with Crippen LogP contribution in [0.1, 0.15) is 41.5 Å². The van der Waals surface area contributed by atoms with E-state index in [-0.39, 0.29) is 16.9 Å². The minimum Gasteiger partial charge on any atom is -0.458 e. The van der Waals surface area contributed by atoms with Crippen LogP contribution in [0.2, 0.25) is 0 Å². The highest BCUT2D eigenvalue weighted by Gasteiger charge is 2.27. The summed E-state index contributed by atoms with van der Waals surface area (Å²) in [6.07, 6.45) is 1.46. The molecule has 0 aliphatic rings. The number of carbonyl (C=O) groups excluding carboxylic acids is 1. The van der Waals surface area contributed by atoms with Crippen molar-refractivity contribution in [2.75, 3.05) is 0 Å². The van der Waals surface area contributed by atoms with Gasteiger partial charge in [0.1, 0.15) is 6.10 Å². The molecular weight excluding hydrogens is 268 g/mol. The van der Waals surface area contributed by atoms with Crippen LogP contribution in [0.25, 0.3) is 0 Å². The fraction of sp³-hybridized carbons (Fsp3) is 0.769. The topological polar surface area (TPSA) is 26.3 Å². The van der Waals surface area contributed by atoms with Crippen LogP contribution < -0.4 is 0 Å². The van der Waals surface area contributed by atoms with Gasteiger partial charge in [0.15, 0.2) is 0 Å². The first-order valence-electron chi connectivity index (χ1n) is 5.75. The summed E-state index contributed by atoms with van der Waals surface area (Å²) in [7, 11) is 0. The number of hydrogen-bond donors (Lipinski definition) is 0. The zero-order chi connectivity index (χ0) is 12.9. The highest BCUT2D eigenvalue weighted by molar-refractivity contribution is 9.09. The lowest BCUT2D eigenvalue weighted by atomic mass is 9.97. The number of esters is 1. The number of alkyl halides is 1. The van der Waals surface area contributed by atoms with E-state index < -0.39 is 0 Å². The van der Waals surface area contributed by atoms with E-state index in [4.69, 9.17) is 4.74 Å². The summed E-state index contributed by atoms with van der Waals surface area (Å²) in [5, 5.41) is 0. The van der Waals surface area contributed by atoms with E-state index in [2.05, 4.69) is 43.6 Å². The predicted octanol–water partition coefficient (Wildman–Crippen LogP) is 3.94. The molecule has 0 aliphatic heterocycles. The first-order valence-corrected chi connectivity index (χ1v) is 6.66. The van der Waals surface area contributed by atoms with Gasteiger partial charge in [-0.1, -0.05) is 49.2 Å². The minimum atomic E-state index is -0.246. The van der Waals surface area contributed by atoms with Crippen molar-refractivity contribution in [3.8, 4) is 0 Å². The van der Waals surface area contributed by atoms with Crippen molar-refractivity contribution in [1.82, 2.24) is 0 Å². The number of rotatable bonds is 5. The quantitative estimate of drug-likeness (QED) is 0.435. The van der Waals surface area contributed by atoms with Gasteiger partial charge in [-0.25, -0.2) is 4.79 Å². The third-order valence-electron chi connectivity index (χ3n) is 2.27. The standard InChI is InChI=1S/C13H23BrO2/c1-8(2)7-11(15)16-13(10(5)6)12(14)9(3)4/h7,9-10,12-13H,1-6H3/t12-,13+/m1/s1. The van der Waals surface area contributed by atoms with Gasteiger partial charge in [0.2, 0.25) is 0 Å². The Morgan fingerprint density at radius 2 is 1.62 bits per heavy atom. The van der Waals surface area contributed by atoms with Gasteiger partial charge in [-0.3, -0.25) is 0 Å². The molecule has 2 atom stereocenters. The van der Waals surface area contributed by atoms with Crippen molar-refractivity contribution in [1.29, 1.82) is 0 Å². The molecule has 16 heavy (non-hydrogen) atoms. The second-order valence-corrected chi connectivity index (χ2v) is 6.11. The number of carbonyl (C=O) groups is 1. The van der Waals surface area contributed by atoms with Crippen molar-refractivity contribution in [3.63, 3.8) is 0 Å². The minimum absolute atomic E-state index is 0.0805. The first kappa shape index (κ1) is 15.7. The van der Waals surface area contributed by atoms with Crippen LogP contribution in [0.5, 0.6) is 0 Å². The van der Waals surface area contributed by atoms with Crippen LogP contribution in [0.15, 0.2) is 11.6 Å². The summed E-state index contributed by atoms with van der Waals surface area (Å²) in [5.74, 6) is 0.497. The van der Waals surface area contributed by atoms with E-state index in [0.717, 1.165) is 5.57 Å². The first-order chi connectivity index (χ1) is 7.25. The van der Waals surface area contributed by atoms with Gasteiger partial charge < -0.3 is 4.74 Å². The molecule has 3 heteroatoms. The fourth-order valence-electron chi connectivity index (χ4n) is 1.35. The average molecular weight is 291 g/mol. The van der Waals surface area contributed by atoms with E-state index in [1.54, 1.807) is 0 Å². The SMILES string of the molecule is CC(C)=CC(=O)O[C@@H](C(C)C)[C@H](Br)C(C)C. The second-order valence-electron chi connectivity index (χ2n) is 5.06.